The zero-order valence-corrected chi connectivity index (χ0v) is 10.8. The Morgan fingerprint density at radius 3 is 2.74 bits per heavy atom. The maximum atomic E-state index is 5.84. The molecule has 3 rings (SSSR count). The van der Waals surface area contributed by atoms with Crippen LogP contribution in [0.1, 0.15) is 11.1 Å². The predicted molar refractivity (Wildman–Crippen MR) is 77.3 cm³/mol. The molecule has 0 bridgehead atoms. The summed E-state index contributed by atoms with van der Waals surface area (Å²) in [6, 6.07) is 18.3. The van der Waals surface area contributed by atoms with Crippen LogP contribution in [0, 0.1) is 6.92 Å². The van der Waals surface area contributed by atoms with Crippen LogP contribution in [-0.4, -0.2) is 4.98 Å². The van der Waals surface area contributed by atoms with E-state index in [0.717, 1.165) is 22.2 Å². The van der Waals surface area contributed by atoms with Gasteiger partial charge < -0.3 is 4.74 Å². The van der Waals surface area contributed by atoms with Crippen LogP contribution in [0.2, 0.25) is 0 Å². The van der Waals surface area contributed by atoms with Crippen LogP contribution in [-0.2, 0) is 6.61 Å². The van der Waals surface area contributed by atoms with Gasteiger partial charge in [-0.2, -0.15) is 0 Å². The van der Waals surface area contributed by atoms with Gasteiger partial charge in [-0.3, -0.25) is 4.98 Å². The smallest absolute Gasteiger partial charge is 0.120 e. The Balaban J connectivity index is 1.86. The Morgan fingerprint density at radius 1 is 1.00 bits per heavy atom. The van der Waals surface area contributed by atoms with Crippen molar-refractivity contribution in [1.29, 1.82) is 0 Å². The highest BCUT2D eigenvalue weighted by molar-refractivity contribution is 5.81. The average molecular weight is 249 g/mol. The summed E-state index contributed by atoms with van der Waals surface area (Å²) in [5, 5.41) is 1.15. The third-order valence-electron chi connectivity index (χ3n) is 3.10. The summed E-state index contributed by atoms with van der Waals surface area (Å²) in [6.07, 6.45) is 1.82. The van der Waals surface area contributed by atoms with Crippen LogP contribution in [0.25, 0.3) is 10.9 Å². The lowest BCUT2D eigenvalue weighted by Crippen LogP contribution is -1.97. The van der Waals surface area contributed by atoms with E-state index in [2.05, 4.69) is 36.2 Å². The molecule has 0 aliphatic heterocycles. The molecule has 94 valence electrons. The number of pyridine rings is 1. The summed E-state index contributed by atoms with van der Waals surface area (Å²) >= 11 is 0. The Bertz CT molecular complexity index is 701. The Morgan fingerprint density at radius 2 is 1.84 bits per heavy atom. The zero-order valence-electron chi connectivity index (χ0n) is 10.8. The van der Waals surface area contributed by atoms with E-state index in [9.17, 15) is 0 Å². The summed E-state index contributed by atoms with van der Waals surface area (Å²) in [7, 11) is 0. The summed E-state index contributed by atoms with van der Waals surface area (Å²) < 4.78 is 5.84. The number of benzene rings is 2. The molecule has 0 unspecified atom stereocenters. The molecule has 19 heavy (non-hydrogen) atoms. The van der Waals surface area contributed by atoms with Crippen molar-refractivity contribution in [2.75, 3.05) is 0 Å². The Labute approximate surface area is 112 Å². The summed E-state index contributed by atoms with van der Waals surface area (Å²) in [6.45, 7) is 2.60. The van der Waals surface area contributed by atoms with Crippen molar-refractivity contribution in [1.82, 2.24) is 4.98 Å². The van der Waals surface area contributed by atoms with E-state index in [-0.39, 0.29) is 0 Å². The highest BCUT2D eigenvalue weighted by atomic mass is 16.5. The Kier molecular flexibility index (Phi) is 3.15. The molecule has 0 radical (unpaired) electrons. The van der Waals surface area contributed by atoms with E-state index >= 15 is 0 Å². The van der Waals surface area contributed by atoms with Gasteiger partial charge in [-0.25, -0.2) is 0 Å². The van der Waals surface area contributed by atoms with Gasteiger partial charge in [-0.05, 0) is 30.7 Å². The fourth-order valence-electron chi connectivity index (χ4n) is 2.15. The highest BCUT2D eigenvalue weighted by Gasteiger charge is 2.02. The van der Waals surface area contributed by atoms with Crippen molar-refractivity contribution in [2.45, 2.75) is 13.5 Å². The minimum atomic E-state index is 0.539. The number of fused-ring (bicyclic) bond motifs is 1. The van der Waals surface area contributed by atoms with Gasteiger partial charge in [-0.15, -0.1) is 0 Å². The molecule has 0 aliphatic carbocycles. The molecule has 2 nitrogen and oxygen atoms in total. The first-order valence-electron chi connectivity index (χ1n) is 6.35. The number of nitrogens with zero attached hydrogens (tertiary/aromatic N) is 1. The van der Waals surface area contributed by atoms with Gasteiger partial charge in [0.2, 0.25) is 0 Å². The monoisotopic (exact) mass is 249 g/mol. The molecule has 0 saturated heterocycles. The number of rotatable bonds is 3. The van der Waals surface area contributed by atoms with E-state index in [4.69, 9.17) is 4.74 Å². The first kappa shape index (κ1) is 11.7. The van der Waals surface area contributed by atoms with Gasteiger partial charge in [0, 0.05) is 17.1 Å². The molecule has 0 N–H and O–H groups in total. The maximum Gasteiger partial charge on any atom is 0.120 e. The van der Waals surface area contributed by atoms with Gasteiger partial charge in [-0.1, -0.05) is 36.4 Å². The van der Waals surface area contributed by atoms with E-state index in [1.807, 2.05) is 36.5 Å². The van der Waals surface area contributed by atoms with Crippen LogP contribution in [0.15, 0.2) is 60.8 Å². The molecule has 2 aromatic carbocycles. The fraction of sp³-hybridized carbons (Fsp3) is 0.118. The van der Waals surface area contributed by atoms with Gasteiger partial charge in [0.25, 0.3) is 0 Å². The van der Waals surface area contributed by atoms with Crippen molar-refractivity contribution in [2.24, 2.45) is 0 Å². The molecule has 0 spiro atoms. The minimum absolute atomic E-state index is 0.539. The third-order valence-corrected chi connectivity index (χ3v) is 3.10. The average Bonchev–Trinajstić information content (AvgIpc) is 2.45. The van der Waals surface area contributed by atoms with E-state index in [1.54, 1.807) is 0 Å². The second-order valence-corrected chi connectivity index (χ2v) is 4.60. The fourth-order valence-corrected chi connectivity index (χ4v) is 2.15. The largest absolute Gasteiger partial charge is 0.489 e. The number of aryl methyl sites for hydroxylation is 1. The first-order valence-corrected chi connectivity index (χ1v) is 6.35. The normalized spacial score (nSPS) is 10.6. The lowest BCUT2D eigenvalue weighted by Gasteiger charge is -2.08. The standard InChI is InChI=1S/C17H15NO/c1-13-5-2-9-16(11-13)19-12-15-7-3-6-14-8-4-10-18-17(14)15/h2-11H,12H2,1H3. The first-order chi connectivity index (χ1) is 9.33. The second kappa shape index (κ2) is 5.11. The van der Waals surface area contributed by atoms with E-state index < -0.39 is 0 Å². The van der Waals surface area contributed by atoms with Gasteiger partial charge in [0.05, 0.1) is 5.52 Å². The van der Waals surface area contributed by atoms with E-state index in [1.165, 1.54) is 5.56 Å². The second-order valence-electron chi connectivity index (χ2n) is 4.60. The molecular weight excluding hydrogens is 234 g/mol. The molecule has 0 atom stereocenters. The number of hydrogen-bond acceptors (Lipinski definition) is 2. The molecule has 1 aromatic heterocycles. The quantitative estimate of drug-likeness (QED) is 0.696. The third kappa shape index (κ3) is 2.58. The Hall–Kier alpha value is -2.35. The van der Waals surface area contributed by atoms with Gasteiger partial charge >= 0.3 is 0 Å². The minimum Gasteiger partial charge on any atom is -0.489 e. The van der Waals surface area contributed by atoms with Crippen molar-refractivity contribution in [3.05, 3.63) is 71.9 Å². The summed E-state index contributed by atoms with van der Waals surface area (Å²) in [5.41, 5.74) is 3.32. The number of aromatic nitrogens is 1. The number of hydrogen-bond donors (Lipinski definition) is 0. The van der Waals surface area contributed by atoms with Gasteiger partial charge in [0.15, 0.2) is 0 Å². The topological polar surface area (TPSA) is 22.1 Å². The highest BCUT2D eigenvalue weighted by Crippen LogP contribution is 2.19. The van der Waals surface area contributed by atoms with Crippen LogP contribution in [0.4, 0.5) is 0 Å². The maximum absolute atomic E-state index is 5.84. The number of para-hydroxylation sites is 1. The zero-order chi connectivity index (χ0) is 13.1. The van der Waals surface area contributed by atoms with Crippen molar-refractivity contribution < 1.29 is 4.74 Å². The van der Waals surface area contributed by atoms with Crippen LogP contribution < -0.4 is 4.74 Å². The van der Waals surface area contributed by atoms with Crippen LogP contribution in [0.3, 0.4) is 0 Å². The predicted octanol–water partition coefficient (Wildman–Crippen LogP) is 4.12. The molecular formula is C17H15NO. The molecule has 3 aromatic rings. The SMILES string of the molecule is Cc1cccc(OCc2cccc3cccnc23)c1. The van der Waals surface area contributed by atoms with Crippen molar-refractivity contribution in [3.63, 3.8) is 0 Å². The van der Waals surface area contributed by atoms with Crippen LogP contribution >= 0.6 is 0 Å². The lowest BCUT2D eigenvalue weighted by atomic mass is 10.1. The molecule has 0 fully saturated rings. The molecule has 0 saturated carbocycles. The molecule has 2 heteroatoms. The number of ether oxygens (including phenoxy) is 1. The summed E-state index contributed by atoms with van der Waals surface area (Å²) in [5.74, 6) is 0.896. The molecule has 1 heterocycles. The van der Waals surface area contributed by atoms with Crippen LogP contribution in [0.5, 0.6) is 5.75 Å². The van der Waals surface area contributed by atoms with Crippen molar-refractivity contribution in [3.8, 4) is 5.75 Å². The molecule has 0 amide bonds. The summed E-state index contributed by atoms with van der Waals surface area (Å²) in [4.78, 5) is 4.43. The lowest BCUT2D eigenvalue weighted by molar-refractivity contribution is 0.307. The van der Waals surface area contributed by atoms with E-state index in [0.29, 0.717) is 6.61 Å². The van der Waals surface area contributed by atoms with Gasteiger partial charge in [0.1, 0.15) is 12.4 Å². The molecule has 0 aliphatic rings. The van der Waals surface area contributed by atoms with Crippen molar-refractivity contribution >= 4 is 10.9 Å².